The molecule has 10 nitrogen and oxygen atoms in total. The van der Waals surface area contributed by atoms with Crippen LogP contribution >= 0.6 is 0 Å². The number of H-pyrrole nitrogens is 1. The molecule has 1 atom stereocenters. The Balaban J connectivity index is 1.37. The van der Waals surface area contributed by atoms with Crippen molar-refractivity contribution in [3.05, 3.63) is 65.9 Å². The highest BCUT2D eigenvalue weighted by molar-refractivity contribution is 5.92. The van der Waals surface area contributed by atoms with Gasteiger partial charge < -0.3 is 19.9 Å². The molecule has 0 radical (unpaired) electrons. The SMILES string of the molecule is O=C(NC1CC1)c1cnc(N2CCc3[nH]cnc3[C@@H]2c2cc3c(OC(F)F)cccn3n2)cn1. The molecule has 1 saturated carbocycles. The van der Waals surface area contributed by atoms with Crippen LogP contribution in [0.1, 0.15) is 46.5 Å². The van der Waals surface area contributed by atoms with Gasteiger partial charge in [-0.2, -0.15) is 13.9 Å². The van der Waals surface area contributed by atoms with E-state index in [0.29, 0.717) is 30.0 Å². The summed E-state index contributed by atoms with van der Waals surface area (Å²) < 4.78 is 32.0. The van der Waals surface area contributed by atoms with Crippen LogP contribution in [-0.4, -0.2) is 54.7 Å². The van der Waals surface area contributed by atoms with Crippen molar-refractivity contribution in [3.63, 3.8) is 0 Å². The molecule has 34 heavy (non-hydrogen) atoms. The Labute approximate surface area is 192 Å². The third kappa shape index (κ3) is 3.70. The summed E-state index contributed by atoms with van der Waals surface area (Å²) in [5.41, 5.74) is 3.00. The van der Waals surface area contributed by atoms with E-state index in [9.17, 15) is 13.6 Å². The summed E-state index contributed by atoms with van der Waals surface area (Å²) in [7, 11) is 0. The van der Waals surface area contributed by atoms with Gasteiger partial charge in [-0.15, -0.1) is 0 Å². The lowest BCUT2D eigenvalue weighted by Gasteiger charge is -2.34. The molecule has 1 fully saturated rings. The molecule has 0 aromatic carbocycles. The smallest absolute Gasteiger partial charge is 0.387 e. The van der Waals surface area contributed by atoms with E-state index in [1.807, 2.05) is 4.90 Å². The van der Waals surface area contributed by atoms with E-state index >= 15 is 0 Å². The average molecular weight is 466 g/mol. The van der Waals surface area contributed by atoms with E-state index in [0.717, 1.165) is 24.2 Å². The first-order chi connectivity index (χ1) is 16.6. The van der Waals surface area contributed by atoms with E-state index in [-0.39, 0.29) is 23.4 Å². The van der Waals surface area contributed by atoms with E-state index in [2.05, 4.69) is 35.1 Å². The molecule has 4 aromatic rings. The lowest BCUT2D eigenvalue weighted by atomic mass is 10.00. The second-order valence-electron chi connectivity index (χ2n) is 8.27. The minimum atomic E-state index is -2.94. The van der Waals surface area contributed by atoms with Gasteiger partial charge in [0.2, 0.25) is 0 Å². The third-order valence-electron chi connectivity index (χ3n) is 5.98. The second-order valence-corrected chi connectivity index (χ2v) is 8.27. The Morgan fingerprint density at radius 2 is 2.12 bits per heavy atom. The second kappa shape index (κ2) is 8.04. The van der Waals surface area contributed by atoms with Crippen molar-refractivity contribution in [2.75, 3.05) is 11.4 Å². The van der Waals surface area contributed by atoms with Crippen molar-refractivity contribution in [2.45, 2.75) is 38.0 Å². The maximum atomic E-state index is 12.9. The van der Waals surface area contributed by atoms with Crippen LogP contribution in [0.4, 0.5) is 14.6 Å². The zero-order chi connectivity index (χ0) is 23.2. The number of imidazole rings is 1. The topological polar surface area (TPSA) is 113 Å². The van der Waals surface area contributed by atoms with Crippen molar-refractivity contribution in [1.29, 1.82) is 0 Å². The van der Waals surface area contributed by atoms with Gasteiger partial charge in [0.25, 0.3) is 5.91 Å². The predicted octanol–water partition coefficient (Wildman–Crippen LogP) is 2.49. The number of halogens is 2. The van der Waals surface area contributed by atoms with Gasteiger partial charge in [-0.3, -0.25) is 4.79 Å². The first kappa shape index (κ1) is 20.5. The molecule has 12 heteroatoms. The number of amides is 1. The summed E-state index contributed by atoms with van der Waals surface area (Å²) in [6.45, 7) is -2.35. The molecule has 1 aliphatic carbocycles. The number of hydrogen-bond donors (Lipinski definition) is 2. The quantitative estimate of drug-likeness (QED) is 0.449. The molecule has 5 heterocycles. The Morgan fingerprint density at radius 3 is 2.88 bits per heavy atom. The summed E-state index contributed by atoms with van der Waals surface area (Å²) in [5.74, 6) is 0.354. The van der Waals surface area contributed by atoms with Crippen molar-refractivity contribution >= 4 is 17.2 Å². The first-order valence-corrected chi connectivity index (χ1v) is 10.9. The van der Waals surface area contributed by atoms with Gasteiger partial charge in [0.15, 0.2) is 5.75 Å². The molecule has 0 bridgehead atoms. The number of nitrogens with one attached hydrogen (secondary N) is 2. The number of alkyl halides is 2. The summed E-state index contributed by atoms with van der Waals surface area (Å²) in [4.78, 5) is 30.8. The molecule has 4 aromatic heterocycles. The van der Waals surface area contributed by atoms with Crippen LogP contribution in [0.15, 0.2) is 43.1 Å². The predicted molar refractivity (Wildman–Crippen MR) is 116 cm³/mol. The van der Waals surface area contributed by atoms with Gasteiger partial charge in [-0.1, -0.05) is 0 Å². The van der Waals surface area contributed by atoms with Crippen molar-refractivity contribution in [1.82, 2.24) is 34.9 Å². The molecule has 6 rings (SSSR count). The highest BCUT2D eigenvalue weighted by Gasteiger charge is 2.34. The lowest BCUT2D eigenvalue weighted by molar-refractivity contribution is -0.0490. The zero-order valence-corrected chi connectivity index (χ0v) is 17.9. The fraction of sp³-hybridized carbons (Fsp3) is 0.318. The van der Waals surface area contributed by atoms with Gasteiger partial charge in [-0.05, 0) is 31.0 Å². The molecule has 1 amide bonds. The van der Waals surface area contributed by atoms with E-state index in [4.69, 9.17) is 0 Å². The number of pyridine rings is 1. The minimum Gasteiger partial charge on any atom is -0.433 e. The number of anilines is 1. The summed E-state index contributed by atoms with van der Waals surface area (Å²) in [6, 6.07) is 4.58. The number of ether oxygens (including phenoxy) is 1. The number of aromatic amines is 1. The highest BCUT2D eigenvalue weighted by atomic mass is 19.3. The first-order valence-electron chi connectivity index (χ1n) is 10.9. The average Bonchev–Trinajstić information content (AvgIpc) is 3.33. The highest BCUT2D eigenvalue weighted by Crippen LogP contribution is 2.36. The van der Waals surface area contributed by atoms with Crippen LogP contribution in [0.5, 0.6) is 5.75 Å². The van der Waals surface area contributed by atoms with Crippen LogP contribution < -0.4 is 15.0 Å². The third-order valence-corrected chi connectivity index (χ3v) is 5.98. The largest absolute Gasteiger partial charge is 0.433 e. The Hall–Kier alpha value is -4.09. The molecular weight excluding hydrogens is 446 g/mol. The Bertz CT molecular complexity index is 1350. The molecule has 174 valence electrons. The van der Waals surface area contributed by atoms with E-state index in [1.54, 1.807) is 30.9 Å². The maximum absolute atomic E-state index is 12.9. The molecule has 1 aliphatic heterocycles. The van der Waals surface area contributed by atoms with Crippen LogP contribution in [0.3, 0.4) is 0 Å². The molecular formula is C22H20F2N8O2. The van der Waals surface area contributed by atoms with E-state index < -0.39 is 12.7 Å². The zero-order valence-electron chi connectivity index (χ0n) is 17.9. The van der Waals surface area contributed by atoms with Crippen LogP contribution in [-0.2, 0) is 6.42 Å². The fourth-order valence-corrected chi connectivity index (χ4v) is 4.23. The standard InChI is InChI=1S/C22H20F2N8O2/c23-22(24)34-17-2-1-6-32-16(17)8-14(30-32)20-19-13(27-11-28-19)5-7-31(20)18-10-25-15(9-26-18)21(33)29-12-3-4-12/h1-2,6,8-12,20,22H,3-5,7H2,(H,27,28)(H,29,33)/t20-/m0/s1. The molecule has 2 aliphatic rings. The number of fused-ring (bicyclic) bond motifs is 2. The lowest BCUT2D eigenvalue weighted by Crippen LogP contribution is -2.37. The number of carbonyl (C=O) groups is 1. The summed E-state index contributed by atoms with van der Waals surface area (Å²) >= 11 is 0. The van der Waals surface area contributed by atoms with Crippen LogP contribution in [0.2, 0.25) is 0 Å². The Morgan fingerprint density at radius 1 is 1.24 bits per heavy atom. The Kier molecular flexibility index (Phi) is 4.85. The van der Waals surface area contributed by atoms with Gasteiger partial charge >= 0.3 is 6.61 Å². The van der Waals surface area contributed by atoms with Gasteiger partial charge in [0, 0.05) is 30.9 Å². The molecule has 0 unspecified atom stereocenters. The van der Waals surface area contributed by atoms with Crippen molar-refractivity contribution in [3.8, 4) is 5.75 Å². The normalized spacial score (nSPS) is 17.7. The van der Waals surface area contributed by atoms with E-state index in [1.165, 1.54) is 16.8 Å². The number of rotatable bonds is 6. The van der Waals surface area contributed by atoms with Gasteiger partial charge in [0.05, 0.1) is 30.1 Å². The van der Waals surface area contributed by atoms with Gasteiger partial charge in [-0.25, -0.2) is 19.5 Å². The summed E-state index contributed by atoms with van der Waals surface area (Å²) in [6.07, 6.45) is 8.99. The molecule has 2 N–H and O–H groups in total. The summed E-state index contributed by atoms with van der Waals surface area (Å²) in [5, 5.41) is 7.53. The maximum Gasteiger partial charge on any atom is 0.387 e. The van der Waals surface area contributed by atoms with Crippen LogP contribution in [0.25, 0.3) is 5.52 Å². The van der Waals surface area contributed by atoms with Crippen molar-refractivity contribution in [2.24, 2.45) is 0 Å². The minimum absolute atomic E-state index is 0.0340. The number of hydrogen-bond acceptors (Lipinski definition) is 7. The number of nitrogens with zero attached hydrogens (tertiary/aromatic N) is 6. The monoisotopic (exact) mass is 466 g/mol. The van der Waals surface area contributed by atoms with Gasteiger partial charge in [0.1, 0.15) is 23.1 Å². The number of carbonyl (C=O) groups excluding carboxylic acids is 1. The molecule has 0 spiro atoms. The number of aromatic nitrogens is 6. The fourth-order valence-electron chi connectivity index (χ4n) is 4.23. The van der Waals surface area contributed by atoms with Crippen molar-refractivity contribution < 1.29 is 18.3 Å². The molecule has 0 saturated heterocycles. The van der Waals surface area contributed by atoms with Crippen LogP contribution in [0, 0.1) is 0 Å².